The highest BCUT2D eigenvalue weighted by molar-refractivity contribution is 5.94. The fourth-order valence-electron chi connectivity index (χ4n) is 1.80. The second kappa shape index (κ2) is 7.31. The number of benzene rings is 1. The summed E-state index contributed by atoms with van der Waals surface area (Å²) < 4.78 is 18.7. The molecule has 0 atom stereocenters. The van der Waals surface area contributed by atoms with Crippen molar-refractivity contribution in [2.24, 2.45) is 0 Å². The number of halogens is 1. The Hall–Kier alpha value is -2.76. The van der Waals surface area contributed by atoms with Crippen molar-refractivity contribution in [3.05, 3.63) is 65.2 Å². The highest BCUT2D eigenvalue weighted by Crippen LogP contribution is 2.12. The number of esters is 1. The summed E-state index contributed by atoms with van der Waals surface area (Å²) in [4.78, 5) is 27.3. The lowest BCUT2D eigenvalue weighted by Gasteiger charge is -2.08. The lowest BCUT2D eigenvalue weighted by Crippen LogP contribution is -2.28. The Morgan fingerprint density at radius 2 is 1.95 bits per heavy atom. The lowest BCUT2D eigenvalue weighted by molar-refractivity contribution is 0.0497. The summed E-state index contributed by atoms with van der Waals surface area (Å²) in [6.07, 6.45) is 3.02. The van der Waals surface area contributed by atoms with Gasteiger partial charge in [-0.05, 0) is 30.7 Å². The summed E-state index contributed by atoms with van der Waals surface area (Å²) >= 11 is 0. The molecule has 0 spiro atoms. The van der Waals surface area contributed by atoms with Gasteiger partial charge in [0.25, 0.3) is 5.91 Å². The fraction of sp³-hybridized carbons (Fsp3) is 0.188. The van der Waals surface area contributed by atoms with Crippen molar-refractivity contribution < 1.29 is 18.7 Å². The van der Waals surface area contributed by atoms with Crippen LogP contribution in [-0.2, 0) is 4.74 Å². The maximum Gasteiger partial charge on any atom is 0.341 e. The van der Waals surface area contributed by atoms with E-state index in [1.54, 1.807) is 31.2 Å². The molecule has 0 aliphatic rings. The Kier molecular flexibility index (Phi) is 5.19. The zero-order valence-corrected chi connectivity index (χ0v) is 12.0. The summed E-state index contributed by atoms with van der Waals surface area (Å²) in [6.45, 7) is 1.67. The predicted molar refractivity (Wildman–Crippen MR) is 78.0 cm³/mol. The van der Waals surface area contributed by atoms with Crippen LogP contribution in [0.25, 0.3) is 0 Å². The molecule has 1 N–H and O–H groups in total. The lowest BCUT2D eigenvalue weighted by atomic mass is 10.1. The average Bonchev–Trinajstić information content (AvgIpc) is 2.54. The van der Waals surface area contributed by atoms with E-state index >= 15 is 0 Å². The normalized spacial score (nSPS) is 10.1. The van der Waals surface area contributed by atoms with Crippen LogP contribution in [0.4, 0.5) is 4.39 Å². The van der Waals surface area contributed by atoms with Crippen molar-refractivity contribution in [1.29, 1.82) is 0 Å². The zero-order chi connectivity index (χ0) is 15.9. The number of nitrogens with one attached hydrogen (secondary N) is 1. The minimum Gasteiger partial charge on any atom is -0.460 e. The molecule has 1 heterocycles. The summed E-state index contributed by atoms with van der Waals surface area (Å²) in [6, 6.07) is 7.66. The van der Waals surface area contributed by atoms with Crippen molar-refractivity contribution in [1.82, 2.24) is 10.3 Å². The molecule has 22 heavy (non-hydrogen) atoms. The fourth-order valence-corrected chi connectivity index (χ4v) is 1.80. The molecule has 0 unspecified atom stereocenters. The predicted octanol–water partition coefficient (Wildman–Crippen LogP) is 2.12. The molecule has 0 radical (unpaired) electrons. The number of rotatable bonds is 5. The molecular weight excluding hydrogens is 287 g/mol. The second-order valence-electron chi connectivity index (χ2n) is 4.56. The zero-order valence-electron chi connectivity index (χ0n) is 12.0. The van der Waals surface area contributed by atoms with Crippen molar-refractivity contribution >= 4 is 11.9 Å². The standard InChI is InChI=1S/C16H15FN2O3/c1-11-3-2-4-13(14(11)17)16(21)22-10-9-19-15(20)12-5-7-18-8-6-12/h2-8H,9-10H2,1H3,(H,19,20). The van der Waals surface area contributed by atoms with E-state index in [0.717, 1.165) is 0 Å². The van der Waals surface area contributed by atoms with Crippen LogP contribution < -0.4 is 5.32 Å². The molecule has 0 fully saturated rings. The summed E-state index contributed by atoms with van der Waals surface area (Å²) in [5, 5.41) is 2.59. The van der Waals surface area contributed by atoms with E-state index in [1.807, 2.05) is 0 Å². The first-order valence-corrected chi connectivity index (χ1v) is 6.70. The molecule has 0 aliphatic carbocycles. The molecular formula is C16H15FN2O3. The maximum atomic E-state index is 13.7. The van der Waals surface area contributed by atoms with Gasteiger partial charge >= 0.3 is 5.97 Å². The minimum absolute atomic E-state index is 0.0387. The molecule has 2 aromatic rings. The first kappa shape index (κ1) is 15.6. The number of carbonyl (C=O) groups excluding carboxylic acids is 2. The number of nitrogens with zero attached hydrogens (tertiary/aromatic N) is 1. The van der Waals surface area contributed by atoms with Crippen LogP contribution in [0.1, 0.15) is 26.3 Å². The smallest absolute Gasteiger partial charge is 0.341 e. The van der Waals surface area contributed by atoms with Gasteiger partial charge in [-0.2, -0.15) is 0 Å². The third-order valence-electron chi connectivity index (χ3n) is 2.97. The molecule has 2 rings (SSSR count). The molecule has 5 nitrogen and oxygen atoms in total. The highest BCUT2D eigenvalue weighted by atomic mass is 19.1. The number of aromatic nitrogens is 1. The van der Waals surface area contributed by atoms with Crippen LogP contribution in [0.2, 0.25) is 0 Å². The molecule has 0 bridgehead atoms. The minimum atomic E-state index is -0.751. The number of hydrogen-bond acceptors (Lipinski definition) is 4. The van der Waals surface area contributed by atoms with E-state index in [0.29, 0.717) is 11.1 Å². The quantitative estimate of drug-likeness (QED) is 0.678. The summed E-state index contributed by atoms with van der Waals surface area (Å²) in [7, 11) is 0. The third-order valence-corrected chi connectivity index (χ3v) is 2.97. The van der Waals surface area contributed by atoms with Gasteiger partial charge in [0.15, 0.2) is 0 Å². The first-order chi connectivity index (χ1) is 10.6. The van der Waals surface area contributed by atoms with E-state index in [4.69, 9.17) is 4.74 Å². The monoisotopic (exact) mass is 302 g/mol. The largest absolute Gasteiger partial charge is 0.460 e. The number of pyridine rings is 1. The van der Waals surface area contributed by atoms with Gasteiger partial charge in [-0.15, -0.1) is 0 Å². The van der Waals surface area contributed by atoms with Gasteiger partial charge < -0.3 is 10.1 Å². The first-order valence-electron chi connectivity index (χ1n) is 6.70. The van der Waals surface area contributed by atoms with E-state index < -0.39 is 11.8 Å². The Balaban J connectivity index is 1.80. The SMILES string of the molecule is Cc1cccc(C(=O)OCCNC(=O)c2ccncc2)c1F. The molecule has 6 heteroatoms. The van der Waals surface area contributed by atoms with Gasteiger partial charge in [-0.25, -0.2) is 9.18 Å². The van der Waals surface area contributed by atoms with Crippen molar-refractivity contribution in [2.75, 3.05) is 13.2 Å². The van der Waals surface area contributed by atoms with Gasteiger partial charge in [0.1, 0.15) is 12.4 Å². The van der Waals surface area contributed by atoms with Crippen LogP contribution in [0.5, 0.6) is 0 Å². The molecule has 0 aliphatic heterocycles. The van der Waals surface area contributed by atoms with E-state index in [1.165, 1.54) is 18.5 Å². The number of amides is 1. The van der Waals surface area contributed by atoms with Crippen LogP contribution in [-0.4, -0.2) is 30.0 Å². The van der Waals surface area contributed by atoms with E-state index in [-0.39, 0.29) is 24.6 Å². The Labute approximate surface area is 127 Å². The molecule has 1 amide bonds. The van der Waals surface area contributed by atoms with Crippen molar-refractivity contribution in [3.63, 3.8) is 0 Å². The van der Waals surface area contributed by atoms with Gasteiger partial charge in [0.2, 0.25) is 0 Å². The number of aryl methyl sites for hydroxylation is 1. The van der Waals surface area contributed by atoms with Crippen molar-refractivity contribution in [2.45, 2.75) is 6.92 Å². The van der Waals surface area contributed by atoms with Gasteiger partial charge in [-0.3, -0.25) is 9.78 Å². The maximum absolute atomic E-state index is 13.7. The summed E-state index contributed by atoms with van der Waals surface area (Å²) in [5.74, 6) is -1.63. The van der Waals surface area contributed by atoms with Crippen LogP contribution in [0.15, 0.2) is 42.7 Å². The molecule has 0 saturated heterocycles. The van der Waals surface area contributed by atoms with Crippen LogP contribution >= 0.6 is 0 Å². The van der Waals surface area contributed by atoms with Crippen LogP contribution in [0.3, 0.4) is 0 Å². The molecule has 1 aromatic carbocycles. The number of carbonyl (C=O) groups is 2. The molecule has 1 aromatic heterocycles. The number of ether oxygens (including phenoxy) is 1. The Morgan fingerprint density at radius 3 is 2.68 bits per heavy atom. The molecule has 0 saturated carbocycles. The second-order valence-corrected chi connectivity index (χ2v) is 4.56. The van der Waals surface area contributed by atoms with Gasteiger partial charge in [-0.1, -0.05) is 12.1 Å². The average molecular weight is 302 g/mol. The van der Waals surface area contributed by atoms with Gasteiger partial charge in [0.05, 0.1) is 12.1 Å². The Morgan fingerprint density at radius 1 is 1.23 bits per heavy atom. The number of hydrogen-bond donors (Lipinski definition) is 1. The van der Waals surface area contributed by atoms with E-state index in [9.17, 15) is 14.0 Å². The highest BCUT2D eigenvalue weighted by Gasteiger charge is 2.14. The topological polar surface area (TPSA) is 68.3 Å². The van der Waals surface area contributed by atoms with Crippen LogP contribution in [0, 0.1) is 12.7 Å². The Bertz CT molecular complexity index is 674. The van der Waals surface area contributed by atoms with Gasteiger partial charge in [0, 0.05) is 18.0 Å². The summed E-state index contributed by atoms with van der Waals surface area (Å²) in [5.41, 5.74) is 0.729. The molecule has 114 valence electrons. The van der Waals surface area contributed by atoms with E-state index in [2.05, 4.69) is 10.3 Å². The van der Waals surface area contributed by atoms with Crippen molar-refractivity contribution in [3.8, 4) is 0 Å². The third kappa shape index (κ3) is 3.88.